The van der Waals surface area contributed by atoms with Crippen LogP contribution < -0.4 is 4.90 Å². The van der Waals surface area contributed by atoms with Crippen LogP contribution in [0, 0.1) is 0 Å². The first-order valence-electron chi connectivity index (χ1n) is 9.89. The maximum absolute atomic E-state index is 12.8. The van der Waals surface area contributed by atoms with Gasteiger partial charge < -0.3 is 9.47 Å². The number of fused-ring (bicyclic) bond motifs is 1. The van der Waals surface area contributed by atoms with Crippen molar-refractivity contribution in [2.45, 2.75) is 39.3 Å². The normalized spacial score (nSPS) is 12.3. The molecule has 0 saturated heterocycles. The van der Waals surface area contributed by atoms with Crippen molar-refractivity contribution < 1.29 is 19.1 Å². The molecule has 0 spiro atoms. The van der Waals surface area contributed by atoms with E-state index in [9.17, 15) is 9.59 Å². The van der Waals surface area contributed by atoms with Crippen LogP contribution in [0.25, 0.3) is 21.9 Å². The Morgan fingerprint density at radius 3 is 2.17 bits per heavy atom. The third kappa shape index (κ3) is 4.62. The minimum Gasteiger partial charge on any atom is -0.467 e. The molecule has 3 rings (SSSR count). The summed E-state index contributed by atoms with van der Waals surface area (Å²) >= 11 is 0. The van der Waals surface area contributed by atoms with Gasteiger partial charge >= 0.3 is 12.1 Å². The van der Waals surface area contributed by atoms with Crippen molar-refractivity contribution in [3.05, 3.63) is 66.7 Å². The van der Waals surface area contributed by atoms with Gasteiger partial charge in [-0.15, -0.1) is 0 Å². The molecule has 30 heavy (non-hydrogen) atoms. The highest BCUT2D eigenvalue weighted by Crippen LogP contribution is 2.31. The van der Waals surface area contributed by atoms with E-state index >= 15 is 0 Å². The number of nitrogens with zero attached hydrogens (tertiary/aromatic N) is 1. The number of benzene rings is 3. The second-order valence-electron chi connectivity index (χ2n) is 8.12. The van der Waals surface area contributed by atoms with Crippen LogP contribution in [0.4, 0.5) is 10.5 Å². The quantitative estimate of drug-likeness (QED) is 0.514. The molecular weight excluding hydrogens is 378 g/mol. The van der Waals surface area contributed by atoms with E-state index in [2.05, 4.69) is 24.3 Å². The van der Waals surface area contributed by atoms with Crippen molar-refractivity contribution in [1.82, 2.24) is 0 Å². The summed E-state index contributed by atoms with van der Waals surface area (Å²) in [6, 6.07) is 21.1. The summed E-state index contributed by atoms with van der Waals surface area (Å²) in [5.74, 6) is -0.515. The zero-order valence-electron chi connectivity index (χ0n) is 18.0. The molecule has 0 radical (unpaired) electrons. The fourth-order valence-electron chi connectivity index (χ4n) is 3.35. The van der Waals surface area contributed by atoms with Crippen LogP contribution in [0.1, 0.15) is 27.7 Å². The standard InChI is InChI=1S/C25H27NO4/c1-17(23(27)29-5)26(24(28)30-25(2,3)4)20-15-13-19(14-16-20)22-12-8-10-18-9-6-7-11-21(18)22/h6-17H,1-5H3/t17-/m0/s1. The Balaban J connectivity index is 1.99. The molecule has 0 saturated carbocycles. The van der Waals surface area contributed by atoms with Gasteiger partial charge in [0, 0.05) is 5.69 Å². The molecule has 0 aliphatic heterocycles. The Morgan fingerprint density at radius 1 is 0.900 bits per heavy atom. The Labute approximate surface area is 177 Å². The number of hydrogen-bond donors (Lipinski definition) is 0. The summed E-state index contributed by atoms with van der Waals surface area (Å²) in [6.45, 7) is 6.98. The minimum atomic E-state index is -0.826. The molecule has 0 aliphatic rings. The maximum Gasteiger partial charge on any atom is 0.415 e. The summed E-state index contributed by atoms with van der Waals surface area (Å²) in [6.07, 6.45) is -0.599. The molecule has 0 bridgehead atoms. The zero-order valence-corrected chi connectivity index (χ0v) is 18.0. The van der Waals surface area contributed by atoms with Gasteiger partial charge in [0.05, 0.1) is 7.11 Å². The average Bonchev–Trinajstić information content (AvgIpc) is 2.72. The number of hydrogen-bond acceptors (Lipinski definition) is 4. The zero-order chi connectivity index (χ0) is 21.9. The van der Waals surface area contributed by atoms with Crippen molar-refractivity contribution in [3.63, 3.8) is 0 Å². The molecule has 0 fully saturated rings. The van der Waals surface area contributed by atoms with E-state index in [1.165, 1.54) is 12.0 Å². The number of anilines is 1. The van der Waals surface area contributed by atoms with Gasteiger partial charge in [0.2, 0.25) is 0 Å². The van der Waals surface area contributed by atoms with Gasteiger partial charge in [-0.05, 0) is 61.7 Å². The molecule has 5 nitrogen and oxygen atoms in total. The largest absolute Gasteiger partial charge is 0.467 e. The van der Waals surface area contributed by atoms with Crippen molar-refractivity contribution in [1.29, 1.82) is 0 Å². The van der Waals surface area contributed by atoms with Crippen LogP contribution in [0.5, 0.6) is 0 Å². The number of carbonyl (C=O) groups excluding carboxylic acids is 2. The second kappa shape index (κ2) is 8.57. The molecule has 1 atom stereocenters. The Kier molecular flexibility index (Phi) is 6.11. The lowest BCUT2D eigenvalue weighted by Crippen LogP contribution is -2.46. The summed E-state index contributed by atoms with van der Waals surface area (Å²) in [7, 11) is 1.30. The monoisotopic (exact) mass is 405 g/mol. The van der Waals surface area contributed by atoms with Crippen LogP contribution >= 0.6 is 0 Å². The molecule has 0 unspecified atom stereocenters. The second-order valence-corrected chi connectivity index (χ2v) is 8.12. The molecule has 5 heteroatoms. The van der Waals surface area contributed by atoms with Crippen molar-refractivity contribution >= 4 is 28.5 Å². The number of carbonyl (C=O) groups is 2. The third-order valence-electron chi connectivity index (χ3n) is 4.77. The fraction of sp³-hybridized carbons (Fsp3) is 0.280. The number of amides is 1. The smallest absolute Gasteiger partial charge is 0.415 e. The van der Waals surface area contributed by atoms with E-state index in [4.69, 9.17) is 9.47 Å². The number of esters is 1. The fourth-order valence-corrected chi connectivity index (χ4v) is 3.35. The molecule has 156 valence electrons. The molecule has 1 amide bonds. The molecule has 0 N–H and O–H groups in total. The molecule has 3 aromatic carbocycles. The first-order chi connectivity index (χ1) is 14.2. The van der Waals surface area contributed by atoms with E-state index in [-0.39, 0.29) is 0 Å². The highest BCUT2D eigenvalue weighted by Gasteiger charge is 2.32. The van der Waals surface area contributed by atoms with Gasteiger partial charge in [0.25, 0.3) is 0 Å². The summed E-state index contributed by atoms with van der Waals surface area (Å²) in [4.78, 5) is 26.3. The topological polar surface area (TPSA) is 55.8 Å². The SMILES string of the molecule is COC(=O)[C@H](C)N(C(=O)OC(C)(C)C)c1ccc(-c2cccc3ccccc23)cc1. The van der Waals surface area contributed by atoms with E-state index < -0.39 is 23.7 Å². The lowest BCUT2D eigenvalue weighted by molar-refractivity contribution is -0.141. The Hall–Kier alpha value is -3.34. The van der Waals surface area contributed by atoms with Gasteiger partial charge in [-0.1, -0.05) is 54.6 Å². The van der Waals surface area contributed by atoms with E-state index in [0.29, 0.717) is 5.69 Å². The first kappa shape index (κ1) is 21.4. The number of ether oxygens (including phenoxy) is 2. The van der Waals surface area contributed by atoms with E-state index in [1.54, 1.807) is 27.7 Å². The van der Waals surface area contributed by atoms with Crippen molar-refractivity contribution in [3.8, 4) is 11.1 Å². The highest BCUT2D eigenvalue weighted by atomic mass is 16.6. The summed E-state index contributed by atoms with van der Waals surface area (Å²) in [5, 5.41) is 2.31. The van der Waals surface area contributed by atoms with Gasteiger partial charge in [-0.25, -0.2) is 9.59 Å². The maximum atomic E-state index is 12.8. The van der Waals surface area contributed by atoms with Crippen LogP contribution in [0.15, 0.2) is 66.7 Å². The van der Waals surface area contributed by atoms with Crippen LogP contribution in [0.3, 0.4) is 0 Å². The van der Waals surface area contributed by atoms with Crippen LogP contribution in [-0.2, 0) is 14.3 Å². The van der Waals surface area contributed by atoms with Gasteiger partial charge in [0.1, 0.15) is 11.6 Å². The summed E-state index contributed by atoms with van der Waals surface area (Å²) < 4.78 is 10.4. The molecular formula is C25H27NO4. The number of rotatable bonds is 4. The predicted octanol–water partition coefficient (Wildman–Crippen LogP) is 5.81. The molecule has 0 aliphatic carbocycles. The summed E-state index contributed by atoms with van der Waals surface area (Å²) in [5.41, 5.74) is 2.00. The molecule has 3 aromatic rings. The molecule has 0 heterocycles. The van der Waals surface area contributed by atoms with E-state index in [0.717, 1.165) is 21.9 Å². The van der Waals surface area contributed by atoms with Crippen molar-refractivity contribution in [2.75, 3.05) is 12.0 Å². The van der Waals surface area contributed by atoms with Gasteiger partial charge in [-0.3, -0.25) is 4.90 Å². The van der Waals surface area contributed by atoms with Gasteiger partial charge in [-0.2, -0.15) is 0 Å². The lowest BCUT2D eigenvalue weighted by atomic mass is 9.98. The first-order valence-corrected chi connectivity index (χ1v) is 9.89. The lowest BCUT2D eigenvalue weighted by Gasteiger charge is -2.30. The average molecular weight is 405 g/mol. The minimum absolute atomic E-state index is 0.515. The van der Waals surface area contributed by atoms with Crippen molar-refractivity contribution in [2.24, 2.45) is 0 Å². The highest BCUT2D eigenvalue weighted by molar-refractivity contribution is 5.98. The third-order valence-corrected chi connectivity index (χ3v) is 4.77. The van der Waals surface area contributed by atoms with Crippen LogP contribution in [0.2, 0.25) is 0 Å². The molecule has 0 aromatic heterocycles. The van der Waals surface area contributed by atoms with Gasteiger partial charge in [0.15, 0.2) is 0 Å². The number of methoxy groups -OCH3 is 1. The van der Waals surface area contributed by atoms with E-state index in [1.807, 2.05) is 42.5 Å². The predicted molar refractivity (Wildman–Crippen MR) is 120 cm³/mol. The Bertz CT molecular complexity index is 1050. The Morgan fingerprint density at radius 2 is 1.53 bits per heavy atom. The van der Waals surface area contributed by atoms with Crippen LogP contribution in [-0.4, -0.2) is 30.8 Å².